The first kappa shape index (κ1) is 12.2. The molecule has 0 fully saturated rings. The molecule has 0 aromatic heterocycles. The van der Waals surface area contributed by atoms with Gasteiger partial charge in [0.25, 0.3) is 11.8 Å². The Morgan fingerprint density at radius 3 is 2.63 bits per heavy atom. The van der Waals surface area contributed by atoms with Gasteiger partial charge < -0.3 is 10.2 Å². The summed E-state index contributed by atoms with van der Waals surface area (Å²) in [5.41, 5.74) is 0.804. The fourth-order valence-electron chi connectivity index (χ4n) is 3.16. The maximum atomic E-state index is 12.4. The van der Waals surface area contributed by atoms with E-state index in [-0.39, 0.29) is 17.9 Å². The molecule has 4 rings (SSSR count). The van der Waals surface area contributed by atoms with Gasteiger partial charge in [0.2, 0.25) is 0 Å². The molecule has 1 aliphatic heterocycles. The van der Waals surface area contributed by atoms with Gasteiger partial charge in [-0.2, -0.15) is 0 Å². The van der Waals surface area contributed by atoms with Crippen molar-refractivity contribution in [2.24, 2.45) is 5.92 Å². The van der Waals surface area contributed by atoms with Crippen LogP contribution in [-0.2, 0) is 9.59 Å². The molecular formula is C15H18N2O2. The number of amides is 2. The number of hydrogen-bond donors (Lipinski definition) is 1. The van der Waals surface area contributed by atoms with E-state index in [0.29, 0.717) is 11.5 Å². The molecule has 3 aliphatic carbocycles. The average molecular weight is 258 g/mol. The first-order valence-corrected chi connectivity index (χ1v) is 6.67. The van der Waals surface area contributed by atoms with Gasteiger partial charge in [-0.15, -0.1) is 0 Å². The van der Waals surface area contributed by atoms with Crippen LogP contribution in [0, 0.1) is 5.92 Å². The number of hydrogen-bond acceptors (Lipinski definition) is 2. The Morgan fingerprint density at radius 2 is 2.05 bits per heavy atom. The van der Waals surface area contributed by atoms with Crippen LogP contribution >= 0.6 is 0 Å². The summed E-state index contributed by atoms with van der Waals surface area (Å²) in [6.45, 7) is 3.80. The van der Waals surface area contributed by atoms with Gasteiger partial charge in [-0.25, -0.2) is 0 Å². The highest BCUT2D eigenvalue weighted by atomic mass is 16.2. The third-order valence-electron chi connectivity index (χ3n) is 4.14. The van der Waals surface area contributed by atoms with Crippen LogP contribution in [0.25, 0.3) is 0 Å². The maximum Gasteiger partial charge on any atom is 0.260 e. The number of carbonyl (C=O) groups excluding carboxylic acids is 2. The molecule has 2 bridgehead atoms. The van der Waals surface area contributed by atoms with Gasteiger partial charge in [0.05, 0.1) is 0 Å². The Bertz CT molecular complexity index is 540. The number of carbonyl (C=O) groups is 2. The zero-order chi connectivity index (χ0) is 13.8. The first-order chi connectivity index (χ1) is 8.95. The van der Waals surface area contributed by atoms with Crippen molar-refractivity contribution in [2.45, 2.75) is 31.8 Å². The zero-order valence-corrected chi connectivity index (χ0v) is 11.4. The molecule has 2 amide bonds. The van der Waals surface area contributed by atoms with E-state index < -0.39 is 5.54 Å². The summed E-state index contributed by atoms with van der Waals surface area (Å²) in [5, 5.41) is 2.83. The molecule has 0 aromatic carbocycles. The molecule has 1 N–H and O–H groups in total. The fourth-order valence-corrected chi connectivity index (χ4v) is 3.16. The lowest BCUT2D eigenvalue weighted by atomic mass is 9.72. The second-order valence-corrected chi connectivity index (χ2v) is 5.76. The van der Waals surface area contributed by atoms with Gasteiger partial charge >= 0.3 is 0 Å². The molecule has 4 heteroatoms. The van der Waals surface area contributed by atoms with Crippen LogP contribution in [0.5, 0.6) is 0 Å². The number of allylic oxidation sites excluding steroid dienone is 2. The summed E-state index contributed by atoms with van der Waals surface area (Å²) in [7, 11) is 1.76. The van der Waals surface area contributed by atoms with E-state index in [4.69, 9.17) is 0 Å². The lowest BCUT2D eigenvalue weighted by Gasteiger charge is -2.41. The van der Waals surface area contributed by atoms with Crippen LogP contribution in [0.1, 0.15) is 20.3 Å². The van der Waals surface area contributed by atoms with Crippen molar-refractivity contribution in [2.75, 3.05) is 7.05 Å². The van der Waals surface area contributed by atoms with Crippen molar-refractivity contribution >= 4 is 11.8 Å². The molecule has 0 saturated carbocycles. The molecule has 0 saturated heterocycles. The standard InChI is InChI=1S/C15H18N2O2/c1-9(2)16-13(18)12-11-8-10-4-6-15(11,7-5-10)17(3)14(12)19/h4-7,9-10H,8H2,1-3H3,(H,16,18). The van der Waals surface area contributed by atoms with Crippen molar-refractivity contribution in [1.29, 1.82) is 0 Å². The molecule has 1 heterocycles. The normalized spacial score (nSPS) is 31.5. The minimum atomic E-state index is -0.491. The van der Waals surface area contributed by atoms with E-state index in [9.17, 15) is 9.59 Å². The number of rotatable bonds is 2. The summed E-state index contributed by atoms with van der Waals surface area (Å²) in [6.07, 6.45) is 9.10. The molecule has 19 heavy (non-hydrogen) atoms. The van der Waals surface area contributed by atoms with E-state index in [1.165, 1.54) is 0 Å². The Labute approximate surface area is 112 Å². The highest BCUT2D eigenvalue weighted by Gasteiger charge is 2.51. The summed E-state index contributed by atoms with van der Waals surface area (Å²) >= 11 is 0. The molecule has 0 unspecified atom stereocenters. The summed E-state index contributed by atoms with van der Waals surface area (Å²) in [5.74, 6) is -0.101. The smallest absolute Gasteiger partial charge is 0.260 e. The van der Waals surface area contributed by atoms with Gasteiger partial charge in [0, 0.05) is 13.1 Å². The van der Waals surface area contributed by atoms with Crippen LogP contribution < -0.4 is 5.32 Å². The lowest BCUT2D eigenvalue weighted by molar-refractivity contribution is -0.129. The average Bonchev–Trinajstić information content (AvgIpc) is 2.59. The Balaban J connectivity index is 2.09. The number of likely N-dealkylation sites (N-methyl/N-ethyl adjacent to an activating group) is 1. The molecular weight excluding hydrogens is 240 g/mol. The predicted octanol–water partition coefficient (Wildman–Crippen LogP) is 1.16. The predicted molar refractivity (Wildman–Crippen MR) is 72.2 cm³/mol. The van der Waals surface area contributed by atoms with Crippen LogP contribution in [0.3, 0.4) is 0 Å². The van der Waals surface area contributed by atoms with Gasteiger partial charge in [-0.1, -0.05) is 24.3 Å². The molecule has 4 nitrogen and oxygen atoms in total. The Hall–Kier alpha value is -1.84. The van der Waals surface area contributed by atoms with Crippen molar-refractivity contribution in [3.63, 3.8) is 0 Å². The van der Waals surface area contributed by atoms with Crippen LogP contribution in [-0.4, -0.2) is 35.3 Å². The van der Waals surface area contributed by atoms with Crippen molar-refractivity contribution in [1.82, 2.24) is 10.2 Å². The van der Waals surface area contributed by atoms with Crippen LogP contribution in [0.4, 0.5) is 0 Å². The fraction of sp³-hybridized carbons (Fsp3) is 0.467. The Kier molecular flexibility index (Phi) is 2.46. The largest absolute Gasteiger partial charge is 0.350 e. The second kappa shape index (κ2) is 3.83. The second-order valence-electron chi connectivity index (χ2n) is 5.76. The molecule has 100 valence electrons. The van der Waals surface area contributed by atoms with Crippen molar-refractivity contribution < 1.29 is 9.59 Å². The van der Waals surface area contributed by atoms with Crippen molar-refractivity contribution in [3.8, 4) is 0 Å². The first-order valence-electron chi connectivity index (χ1n) is 6.67. The summed E-state index contributed by atoms with van der Waals surface area (Å²) in [4.78, 5) is 26.4. The number of nitrogens with one attached hydrogen (secondary N) is 1. The highest BCUT2D eigenvalue weighted by Crippen LogP contribution is 2.47. The minimum Gasteiger partial charge on any atom is -0.350 e. The molecule has 0 atom stereocenters. The zero-order valence-electron chi connectivity index (χ0n) is 11.4. The van der Waals surface area contributed by atoms with Gasteiger partial charge in [-0.3, -0.25) is 9.59 Å². The topological polar surface area (TPSA) is 49.4 Å². The Morgan fingerprint density at radius 1 is 1.42 bits per heavy atom. The summed E-state index contributed by atoms with van der Waals surface area (Å²) < 4.78 is 0. The van der Waals surface area contributed by atoms with Crippen LogP contribution in [0.2, 0.25) is 0 Å². The van der Waals surface area contributed by atoms with E-state index >= 15 is 0 Å². The van der Waals surface area contributed by atoms with E-state index in [1.54, 1.807) is 11.9 Å². The van der Waals surface area contributed by atoms with E-state index in [2.05, 4.69) is 17.5 Å². The van der Waals surface area contributed by atoms with Gasteiger partial charge in [0.1, 0.15) is 11.1 Å². The maximum absolute atomic E-state index is 12.4. The third kappa shape index (κ3) is 1.52. The summed E-state index contributed by atoms with van der Waals surface area (Å²) in [6, 6.07) is 0.0297. The van der Waals surface area contributed by atoms with E-state index in [0.717, 1.165) is 12.0 Å². The van der Waals surface area contributed by atoms with E-state index in [1.807, 2.05) is 26.0 Å². The highest BCUT2D eigenvalue weighted by molar-refractivity contribution is 6.21. The quantitative estimate of drug-likeness (QED) is 0.597. The van der Waals surface area contributed by atoms with Gasteiger partial charge in [-0.05, 0) is 31.8 Å². The molecule has 1 spiro atoms. The van der Waals surface area contributed by atoms with Gasteiger partial charge in [0.15, 0.2) is 0 Å². The monoisotopic (exact) mass is 258 g/mol. The SMILES string of the molecule is CC(C)NC(=O)C1=C2CC3C=CC2(C=C3)N(C)C1=O. The minimum absolute atomic E-state index is 0.0297. The molecule has 0 radical (unpaired) electrons. The lowest BCUT2D eigenvalue weighted by Crippen LogP contribution is -2.46. The molecule has 4 aliphatic rings. The third-order valence-corrected chi connectivity index (χ3v) is 4.14. The van der Waals surface area contributed by atoms with Crippen LogP contribution in [0.15, 0.2) is 35.5 Å². The molecule has 0 aromatic rings. The van der Waals surface area contributed by atoms with Crippen molar-refractivity contribution in [3.05, 3.63) is 35.5 Å². The number of nitrogens with zero attached hydrogens (tertiary/aromatic N) is 1.